The number of hydrogen-bond donors (Lipinski definition) is 4. The standard InChI is InChI=1S/C11H18N2O5/c1-7(10(15)16)6-9(14)13-5-3-2-4-8(12)11(17)18/h8H,1-6,12H2,(H,13,14)(H,15,16)(H,17,18). The second kappa shape index (κ2) is 8.24. The summed E-state index contributed by atoms with van der Waals surface area (Å²) in [5, 5.41) is 19.5. The Hall–Kier alpha value is -1.89. The monoisotopic (exact) mass is 258 g/mol. The molecule has 0 spiro atoms. The minimum absolute atomic E-state index is 0.166. The molecule has 0 aliphatic rings. The zero-order valence-corrected chi connectivity index (χ0v) is 10.0. The summed E-state index contributed by atoms with van der Waals surface area (Å²) in [5.74, 6) is -2.65. The zero-order chi connectivity index (χ0) is 14.1. The molecule has 0 saturated heterocycles. The van der Waals surface area contributed by atoms with Crippen molar-refractivity contribution in [2.75, 3.05) is 6.54 Å². The smallest absolute Gasteiger partial charge is 0.331 e. The third-order valence-electron chi connectivity index (χ3n) is 2.26. The van der Waals surface area contributed by atoms with Gasteiger partial charge in [0.25, 0.3) is 0 Å². The van der Waals surface area contributed by atoms with Gasteiger partial charge in [0.2, 0.25) is 5.91 Å². The molecule has 0 aromatic rings. The molecule has 0 aromatic carbocycles. The van der Waals surface area contributed by atoms with E-state index < -0.39 is 23.9 Å². The molecular weight excluding hydrogens is 240 g/mol. The molecule has 0 rings (SSSR count). The molecule has 5 N–H and O–H groups in total. The zero-order valence-electron chi connectivity index (χ0n) is 10.0. The van der Waals surface area contributed by atoms with Crippen LogP contribution in [0.5, 0.6) is 0 Å². The molecule has 7 heteroatoms. The van der Waals surface area contributed by atoms with Crippen LogP contribution in [0.1, 0.15) is 25.7 Å². The normalized spacial score (nSPS) is 11.6. The summed E-state index contributed by atoms with van der Waals surface area (Å²) < 4.78 is 0. The maximum atomic E-state index is 11.2. The first kappa shape index (κ1) is 16.1. The van der Waals surface area contributed by atoms with Crippen LogP contribution in [-0.2, 0) is 14.4 Å². The van der Waals surface area contributed by atoms with Gasteiger partial charge in [-0.05, 0) is 19.3 Å². The fraction of sp³-hybridized carbons (Fsp3) is 0.545. The van der Waals surface area contributed by atoms with Crippen LogP contribution in [0.2, 0.25) is 0 Å². The minimum Gasteiger partial charge on any atom is -0.480 e. The van der Waals surface area contributed by atoms with Gasteiger partial charge in [0.15, 0.2) is 0 Å². The van der Waals surface area contributed by atoms with E-state index in [0.29, 0.717) is 25.8 Å². The van der Waals surface area contributed by atoms with E-state index in [2.05, 4.69) is 11.9 Å². The van der Waals surface area contributed by atoms with Crippen LogP contribution in [0, 0.1) is 0 Å². The molecule has 1 amide bonds. The Kier molecular flexibility index (Phi) is 7.37. The van der Waals surface area contributed by atoms with Gasteiger partial charge in [0, 0.05) is 12.1 Å². The van der Waals surface area contributed by atoms with Crippen LogP contribution in [0.15, 0.2) is 12.2 Å². The number of carbonyl (C=O) groups excluding carboxylic acids is 1. The molecule has 0 heterocycles. The Morgan fingerprint density at radius 2 is 1.83 bits per heavy atom. The van der Waals surface area contributed by atoms with E-state index in [0.717, 1.165) is 0 Å². The largest absolute Gasteiger partial charge is 0.480 e. The maximum absolute atomic E-state index is 11.2. The Morgan fingerprint density at radius 3 is 2.33 bits per heavy atom. The highest BCUT2D eigenvalue weighted by atomic mass is 16.4. The average Bonchev–Trinajstić information content (AvgIpc) is 2.27. The predicted octanol–water partition coefficient (Wildman–Crippen LogP) is -0.284. The Bertz CT molecular complexity index is 340. The molecule has 0 aliphatic carbocycles. The van der Waals surface area contributed by atoms with Crippen molar-refractivity contribution in [3.63, 3.8) is 0 Å². The molecule has 18 heavy (non-hydrogen) atoms. The lowest BCUT2D eigenvalue weighted by Crippen LogP contribution is -2.30. The second-order valence-corrected chi connectivity index (χ2v) is 3.88. The molecule has 0 fully saturated rings. The first-order valence-corrected chi connectivity index (χ1v) is 5.50. The van der Waals surface area contributed by atoms with Crippen molar-refractivity contribution in [3.8, 4) is 0 Å². The van der Waals surface area contributed by atoms with Gasteiger partial charge in [-0.2, -0.15) is 0 Å². The number of nitrogens with two attached hydrogens (primary N) is 1. The highest BCUT2D eigenvalue weighted by molar-refractivity contribution is 5.93. The van der Waals surface area contributed by atoms with Gasteiger partial charge in [0.1, 0.15) is 6.04 Å². The molecule has 0 bridgehead atoms. The molecule has 0 aliphatic heterocycles. The van der Waals surface area contributed by atoms with Gasteiger partial charge >= 0.3 is 11.9 Å². The van der Waals surface area contributed by atoms with E-state index in [4.69, 9.17) is 15.9 Å². The summed E-state index contributed by atoms with van der Waals surface area (Å²) in [6.07, 6.45) is 1.26. The molecule has 102 valence electrons. The predicted molar refractivity (Wildman–Crippen MR) is 63.9 cm³/mol. The van der Waals surface area contributed by atoms with Crippen molar-refractivity contribution in [2.45, 2.75) is 31.7 Å². The molecule has 1 unspecified atom stereocenters. The van der Waals surface area contributed by atoms with Gasteiger partial charge in [-0.3, -0.25) is 9.59 Å². The third kappa shape index (κ3) is 7.39. The first-order chi connectivity index (χ1) is 8.34. The van der Waals surface area contributed by atoms with E-state index in [-0.39, 0.29) is 12.0 Å². The van der Waals surface area contributed by atoms with Crippen LogP contribution in [0.25, 0.3) is 0 Å². The van der Waals surface area contributed by atoms with Crippen LogP contribution < -0.4 is 11.1 Å². The lowest BCUT2D eigenvalue weighted by Gasteiger charge is -2.07. The summed E-state index contributed by atoms with van der Waals surface area (Å²) in [5.41, 5.74) is 5.13. The van der Waals surface area contributed by atoms with Crippen LogP contribution in [0.3, 0.4) is 0 Å². The van der Waals surface area contributed by atoms with Crippen LogP contribution in [-0.4, -0.2) is 40.6 Å². The van der Waals surface area contributed by atoms with Gasteiger partial charge in [-0.1, -0.05) is 6.58 Å². The fourth-order valence-electron chi connectivity index (χ4n) is 1.17. The number of aliphatic carboxylic acids is 2. The summed E-state index contributed by atoms with van der Waals surface area (Å²) in [6, 6.07) is -0.882. The van der Waals surface area contributed by atoms with E-state index in [1.807, 2.05) is 0 Å². The number of amides is 1. The number of carbonyl (C=O) groups is 3. The topological polar surface area (TPSA) is 130 Å². The summed E-state index contributed by atoms with van der Waals surface area (Å²) in [6.45, 7) is 3.60. The highest BCUT2D eigenvalue weighted by Gasteiger charge is 2.11. The lowest BCUT2D eigenvalue weighted by molar-refractivity contribution is -0.138. The Balaban J connectivity index is 3.61. The third-order valence-corrected chi connectivity index (χ3v) is 2.26. The van der Waals surface area contributed by atoms with Gasteiger partial charge in [-0.25, -0.2) is 4.79 Å². The number of unbranched alkanes of at least 4 members (excludes halogenated alkanes) is 1. The number of hydrogen-bond acceptors (Lipinski definition) is 4. The lowest BCUT2D eigenvalue weighted by atomic mass is 10.1. The van der Waals surface area contributed by atoms with Gasteiger partial charge in [-0.15, -0.1) is 0 Å². The van der Waals surface area contributed by atoms with E-state index >= 15 is 0 Å². The Labute approximate surface area is 105 Å². The molecule has 0 saturated carbocycles. The Morgan fingerprint density at radius 1 is 1.22 bits per heavy atom. The van der Waals surface area contributed by atoms with Crippen LogP contribution in [0.4, 0.5) is 0 Å². The maximum Gasteiger partial charge on any atom is 0.331 e. The van der Waals surface area contributed by atoms with Crippen molar-refractivity contribution in [1.82, 2.24) is 5.32 Å². The van der Waals surface area contributed by atoms with Crippen LogP contribution >= 0.6 is 0 Å². The van der Waals surface area contributed by atoms with Crippen molar-refractivity contribution in [2.24, 2.45) is 5.73 Å². The second-order valence-electron chi connectivity index (χ2n) is 3.88. The number of carboxylic acids is 2. The van der Waals surface area contributed by atoms with E-state index in [9.17, 15) is 14.4 Å². The average molecular weight is 258 g/mol. The van der Waals surface area contributed by atoms with Gasteiger partial charge < -0.3 is 21.3 Å². The van der Waals surface area contributed by atoms with E-state index in [1.165, 1.54) is 0 Å². The fourth-order valence-corrected chi connectivity index (χ4v) is 1.17. The molecule has 1 atom stereocenters. The van der Waals surface area contributed by atoms with Crippen molar-refractivity contribution in [3.05, 3.63) is 12.2 Å². The quantitative estimate of drug-likeness (QED) is 0.332. The SMILES string of the molecule is C=C(CC(=O)NCCCCC(N)C(=O)O)C(=O)O. The summed E-state index contributed by atoms with van der Waals surface area (Å²) >= 11 is 0. The van der Waals surface area contributed by atoms with Crippen molar-refractivity contribution < 1.29 is 24.6 Å². The number of carboxylic acid groups (broad SMARTS) is 2. The van der Waals surface area contributed by atoms with Crippen molar-refractivity contribution in [1.29, 1.82) is 0 Å². The van der Waals surface area contributed by atoms with Gasteiger partial charge in [0.05, 0.1) is 6.42 Å². The number of rotatable bonds is 9. The van der Waals surface area contributed by atoms with E-state index in [1.54, 1.807) is 0 Å². The molecule has 7 nitrogen and oxygen atoms in total. The first-order valence-electron chi connectivity index (χ1n) is 5.50. The molecular formula is C11H18N2O5. The highest BCUT2D eigenvalue weighted by Crippen LogP contribution is 2.00. The number of nitrogens with one attached hydrogen (secondary N) is 1. The van der Waals surface area contributed by atoms with Crippen molar-refractivity contribution >= 4 is 17.8 Å². The minimum atomic E-state index is -1.20. The molecule has 0 radical (unpaired) electrons. The summed E-state index contributed by atoms with van der Waals surface area (Å²) in [7, 11) is 0. The molecule has 0 aromatic heterocycles. The summed E-state index contributed by atoms with van der Waals surface area (Å²) in [4.78, 5) is 32.0.